The molecule has 11 heteroatoms. The third kappa shape index (κ3) is 5.51. The molecule has 0 aromatic heterocycles. The number of aromatic carboxylic acids is 1. The molecular formula is C18H9BrClF7O2. The van der Waals surface area contributed by atoms with Crippen LogP contribution < -0.4 is 0 Å². The maximum absolute atomic E-state index is 14.5. The van der Waals surface area contributed by atoms with Crippen LogP contribution in [-0.2, 0) is 6.18 Å². The van der Waals surface area contributed by atoms with Crippen molar-refractivity contribution >= 4 is 39.3 Å². The zero-order chi connectivity index (χ0) is 22.1. The number of rotatable bonds is 4. The van der Waals surface area contributed by atoms with Crippen molar-refractivity contribution in [2.24, 2.45) is 0 Å². The summed E-state index contributed by atoms with van der Waals surface area (Å²) < 4.78 is 94.1. The van der Waals surface area contributed by atoms with E-state index in [0.29, 0.717) is 12.1 Å². The minimum Gasteiger partial charge on any atom is -0.478 e. The monoisotopic (exact) mass is 504 g/mol. The number of benzene rings is 2. The summed E-state index contributed by atoms with van der Waals surface area (Å²) in [5.41, 5.74) is -4.07. The normalized spacial score (nSPS) is 14.0. The molecule has 0 aliphatic carbocycles. The fourth-order valence-corrected chi connectivity index (χ4v) is 2.96. The molecular weight excluding hydrogens is 497 g/mol. The third-order valence-electron chi connectivity index (χ3n) is 3.80. The van der Waals surface area contributed by atoms with Gasteiger partial charge in [-0.2, -0.15) is 26.3 Å². The first kappa shape index (κ1) is 23.2. The minimum absolute atomic E-state index is 0.109. The van der Waals surface area contributed by atoms with Gasteiger partial charge in [-0.15, -0.1) is 0 Å². The van der Waals surface area contributed by atoms with Crippen LogP contribution in [-0.4, -0.2) is 17.3 Å². The zero-order valence-corrected chi connectivity index (χ0v) is 16.2. The SMILES string of the molecule is O=C(O)c1ccc(C(F)=CC(c2ccc(Cl)c(Br)c2)C(F)(F)F)cc1C(F)(F)F. The van der Waals surface area contributed by atoms with Crippen molar-refractivity contribution in [3.05, 3.63) is 74.2 Å². The Bertz CT molecular complexity index is 968. The average Bonchev–Trinajstić information content (AvgIpc) is 2.59. The molecule has 0 saturated carbocycles. The standard InChI is InChI=1S/C18H9BrClF7O2/c19-13-6-8(2-4-14(13)20)11(17(22,23)24)7-15(21)9-1-3-10(16(28)29)12(5-9)18(25,26)27/h1-7,11H,(H,28,29). The smallest absolute Gasteiger partial charge is 0.417 e. The molecule has 0 spiro atoms. The van der Waals surface area contributed by atoms with Gasteiger partial charge in [0.1, 0.15) is 11.7 Å². The van der Waals surface area contributed by atoms with E-state index in [4.69, 9.17) is 16.7 Å². The largest absolute Gasteiger partial charge is 0.478 e. The Labute approximate surface area is 172 Å². The molecule has 0 fully saturated rings. The lowest BCUT2D eigenvalue weighted by Gasteiger charge is -2.18. The Morgan fingerprint density at radius 3 is 2.17 bits per heavy atom. The topological polar surface area (TPSA) is 37.3 Å². The molecule has 0 bridgehead atoms. The van der Waals surface area contributed by atoms with Crippen LogP contribution in [0.3, 0.4) is 0 Å². The van der Waals surface area contributed by atoms with Crippen LogP contribution in [0.5, 0.6) is 0 Å². The number of hydrogen-bond acceptors (Lipinski definition) is 1. The molecule has 1 atom stereocenters. The molecule has 156 valence electrons. The second kappa shape index (κ2) is 8.35. The predicted octanol–water partition coefficient (Wildman–Crippen LogP) is 7.48. The summed E-state index contributed by atoms with van der Waals surface area (Å²) in [5.74, 6) is -5.99. The number of carboxylic acids is 1. The highest BCUT2D eigenvalue weighted by atomic mass is 79.9. The molecule has 0 saturated heterocycles. The number of carbonyl (C=O) groups is 1. The summed E-state index contributed by atoms with van der Waals surface area (Å²) in [6.07, 6.45) is -9.99. The molecule has 2 aromatic rings. The molecule has 0 aliphatic rings. The second-order valence-electron chi connectivity index (χ2n) is 5.77. The molecule has 0 heterocycles. The summed E-state index contributed by atoms with van der Waals surface area (Å²) in [4.78, 5) is 10.9. The van der Waals surface area contributed by atoms with Gasteiger partial charge in [0.05, 0.1) is 16.1 Å². The molecule has 1 unspecified atom stereocenters. The number of hydrogen-bond donors (Lipinski definition) is 1. The fourth-order valence-electron chi connectivity index (χ4n) is 2.44. The van der Waals surface area contributed by atoms with Crippen LogP contribution in [0.15, 0.2) is 46.9 Å². The summed E-state index contributed by atoms with van der Waals surface area (Å²) >= 11 is 8.68. The Morgan fingerprint density at radius 1 is 1.07 bits per heavy atom. The maximum Gasteiger partial charge on any atom is 0.417 e. The Hall–Kier alpha value is -2.07. The van der Waals surface area contributed by atoms with Gasteiger partial charge in [0, 0.05) is 10.0 Å². The van der Waals surface area contributed by atoms with E-state index < -0.39 is 52.3 Å². The lowest BCUT2D eigenvalue weighted by atomic mass is 9.95. The van der Waals surface area contributed by atoms with Crippen LogP contribution >= 0.6 is 27.5 Å². The predicted molar refractivity (Wildman–Crippen MR) is 95.4 cm³/mol. The molecule has 1 N–H and O–H groups in total. The van der Waals surface area contributed by atoms with E-state index in [1.54, 1.807) is 0 Å². The van der Waals surface area contributed by atoms with Gasteiger partial charge in [-0.3, -0.25) is 0 Å². The highest BCUT2D eigenvalue weighted by Gasteiger charge is 2.40. The fraction of sp³-hybridized carbons (Fsp3) is 0.167. The van der Waals surface area contributed by atoms with Crippen molar-refractivity contribution < 1.29 is 40.6 Å². The van der Waals surface area contributed by atoms with Gasteiger partial charge in [-0.25, -0.2) is 9.18 Å². The van der Waals surface area contributed by atoms with Crippen LogP contribution in [0.1, 0.15) is 33.0 Å². The Morgan fingerprint density at radius 2 is 1.69 bits per heavy atom. The van der Waals surface area contributed by atoms with Crippen LogP contribution in [0.2, 0.25) is 5.02 Å². The van der Waals surface area contributed by atoms with E-state index in [-0.39, 0.29) is 21.6 Å². The number of alkyl halides is 6. The Kier molecular flexibility index (Phi) is 6.68. The van der Waals surface area contributed by atoms with E-state index in [1.807, 2.05) is 0 Å². The van der Waals surface area contributed by atoms with Crippen LogP contribution in [0, 0.1) is 0 Å². The summed E-state index contributed by atoms with van der Waals surface area (Å²) in [7, 11) is 0. The summed E-state index contributed by atoms with van der Waals surface area (Å²) in [5, 5.41) is 8.94. The number of allylic oxidation sites excluding steroid dienone is 1. The van der Waals surface area contributed by atoms with Crippen molar-refractivity contribution in [2.75, 3.05) is 0 Å². The lowest BCUT2D eigenvalue weighted by Crippen LogP contribution is -2.19. The molecule has 2 rings (SSSR count). The molecule has 0 radical (unpaired) electrons. The van der Waals surface area contributed by atoms with Gasteiger partial charge in [0.25, 0.3) is 0 Å². The lowest BCUT2D eigenvalue weighted by molar-refractivity contribution is -0.140. The van der Waals surface area contributed by atoms with E-state index >= 15 is 0 Å². The molecule has 0 amide bonds. The van der Waals surface area contributed by atoms with Crippen LogP contribution in [0.4, 0.5) is 30.7 Å². The van der Waals surface area contributed by atoms with Gasteiger partial charge in [0.2, 0.25) is 0 Å². The molecule has 2 nitrogen and oxygen atoms in total. The maximum atomic E-state index is 14.5. The van der Waals surface area contributed by atoms with E-state index in [0.717, 1.165) is 18.2 Å². The third-order valence-corrected chi connectivity index (χ3v) is 5.01. The second-order valence-corrected chi connectivity index (χ2v) is 7.03. The average molecular weight is 506 g/mol. The summed E-state index contributed by atoms with van der Waals surface area (Å²) in [6.45, 7) is 0. The van der Waals surface area contributed by atoms with Crippen molar-refractivity contribution in [3.63, 3.8) is 0 Å². The van der Waals surface area contributed by atoms with Gasteiger partial charge in [-0.05, 0) is 51.8 Å². The van der Waals surface area contributed by atoms with Crippen molar-refractivity contribution in [1.82, 2.24) is 0 Å². The molecule has 0 aliphatic heterocycles. The Balaban J connectivity index is 2.58. The van der Waals surface area contributed by atoms with Gasteiger partial charge in [0.15, 0.2) is 0 Å². The van der Waals surface area contributed by atoms with E-state index in [2.05, 4.69) is 15.9 Å². The van der Waals surface area contributed by atoms with E-state index in [1.165, 1.54) is 0 Å². The van der Waals surface area contributed by atoms with E-state index in [9.17, 15) is 35.5 Å². The highest BCUT2D eigenvalue weighted by molar-refractivity contribution is 9.10. The van der Waals surface area contributed by atoms with Gasteiger partial charge in [-0.1, -0.05) is 23.7 Å². The minimum atomic E-state index is -5.14. The molecule has 29 heavy (non-hydrogen) atoms. The van der Waals surface area contributed by atoms with Crippen molar-refractivity contribution in [3.8, 4) is 0 Å². The summed E-state index contributed by atoms with van der Waals surface area (Å²) in [6, 6.07) is 4.46. The quantitative estimate of drug-likeness (QED) is 0.438. The van der Waals surface area contributed by atoms with Crippen LogP contribution in [0.25, 0.3) is 5.83 Å². The zero-order valence-electron chi connectivity index (χ0n) is 13.9. The van der Waals surface area contributed by atoms with Gasteiger partial charge >= 0.3 is 18.3 Å². The van der Waals surface area contributed by atoms with Crippen molar-refractivity contribution in [2.45, 2.75) is 18.3 Å². The number of carboxylic acid groups (broad SMARTS) is 1. The molecule has 2 aromatic carbocycles. The highest BCUT2D eigenvalue weighted by Crippen LogP contribution is 2.41. The number of halogens is 9. The van der Waals surface area contributed by atoms with Crippen molar-refractivity contribution in [1.29, 1.82) is 0 Å². The first-order valence-corrected chi connectivity index (χ1v) is 8.72. The van der Waals surface area contributed by atoms with Gasteiger partial charge < -0.3 is 5.11 Å². The first-order valence-electron chi connectivity index (χ1n) is 7.55. The first-order chi connectivity index (χ1) is 13.2.